The first-order valence-electron chi connectivity index (χ1n) is 7.09. The maximum atomic E-state index is 12.0. The van der Waals surface area contributed by atoms with E-state index in [4.69, 9.17) is 20.9 Å². The average molecular weight is 345 g/mol. The molecule has 6 nitrogen and oxygen atoms in total. The quantitative estimate of drug-likeness (QED) is 0.680. The predicted molar refractivity (Wildman–Crippen MR) is 87.8 cm³/mol. The Bertz CT molecular complexity index is 928. The smallest absolute Gasteiger partial charge is 0.344 e. The van der Waals surface area contributed by atoms with Crippen LogP contribution < -0.4 is 5.56 Å². The summed E-state index contributed by atoms with van der Waals surface area (Å²) >= 11 is 5.84. The van der Waals surface area contributed by atoms with Crippen molar-refractivity contribution in [3.05, 3.63) is 75.3 Å². The topological polar surface area (TPSA) is 74.3 Å². The lowest BCUT2D eigenvalue weighted by Gasteiger charge is -2.03. The van der Waals surface area contributed by atoms with Crippen LogP contribution in [-0.2, 0) is 18.4 Å². The van der Waals surface area contributed by atoms with Gasteiger partial charge in [-0.1, -0.05) is 16.8 Å². The molecule has 1 aromatic carbocycles. The lowest BCUT2D eigenvalue weighted by Crippen LogP contribution is -2.24. The second kappa shape index (κ2) is 6.72. The second-order valence-electron chi connectivity index (χ2n) is 5.10. The van der Waals surface area contributed by atoms with Crippen molar-refractivity contribution < 1.29 is 14.1 Å². The molecule has 3 rings (SSSR count). The first-order valence-corrected chi connectivity index (χ1v) is 7.46. The Morgan fingerprint density at radius 2 is 2.04 bits per heavy atom. The first kappa shape index (κ1) is 16.0. The summed E-state index contributed by atoms with van der Waals surface area (Å²) in [5, 5.41) is 4.47. The van der Waals surface area contributed by atoms with E-state index in [1.54, 1.807) is 49.6 Å². The minimum Gasteiger partial charge on any atom is -0.455 e. The second-order valence-corrected chi connectivity index (χ2v) is 5.54. The van der Waals surface area contributed by atoms with Gasteiger partial charge in [0.15, 0.2) is 5.76 Å². The van der Waals surface area contributed by atoms with Crippen molar-refractivity contribution in [1.29, 1.82) is 0 Å². The van der Waals surface area contributed by atoms with Gasteiger partial charge in [0, 0.05) is 29.9 Å². The van der Waals surface area contributed by atoms with Crippen molar-refractivity contribution >= 4 is 17.6 Å². The van der Waals surface area contributed by atoms with E-state index >= 15 is 0 Å². The molecule has 0 radical (unpaired) electrons. The molecule has 0 bridgehead atoms. The summed E-state index contributed by atoms with van der Waals surface area (Å²) < 4.78 is 11.7. The van der Waals surface area contributed by atoms with Gasteiger partial charge in [0.25, 0.3) is 5.56 Å². The Morgan fingerprint density at radius 1 is 1.29 bits per heavy atom. The molecule has 0 N–H and O–H groups in total. The van der Waals surface area contributed by atoms with E-state index in [0.717, 1.165) is 5.56 Å². The normalized spacial score (nSPS) is 10.6. The molecule has 2 aromatic heterocycles. The van der Waals surface area contributed by atoms with E-state index in [2.05, 4.69) is 5.16 Å². The number of carbonyl (C=O) groups excluding carboxylic acids is 1. The molecule has 0 unspecified atom stereocenters. The Kier molecular flexibility index (Phi) is 4.48. The van der Waals surface area contributed by atoms with E-state index in [1.807, 2.05) is 0 Å². The summed E-state index contributed by atoms with van der Waals surface area (Å²) in [7, 11) is 1.56. The number of hydrogen-bond donors (Lipinski definition) is 0. The van der Waals surface area contributed by atoms with E-state index in [1.165, 1.54) is 10.6 Å². The Balaban J connectivity index is 1.69. The summed E-state index contributed by atoms with van der Waals surface area (Å²) in [6.07, 6.45) is 1.56. The monoisotopic (exact) mass is 344 g/mol. The van der Waals surface area contributed by atoms with Gasteiger partial charge in [0.1, 0.15) is 17.9 Å². The number of esters is 1. The van der Waals surface area contributed by atoms with Crippen LogP contribution in [0.5, 0.6) is 0 Å². The van der Waals surface area contributed by atoms with Crippen LogP contribution in [0.1, 0.15) is 16.1 Å². The molecule has 2 heterocycles. The summed E-state index contributed by atoms with van der Waals surface area (Å²) in [6, 6.07) is 11.8. The fraction of sp³-hybridized carbons (Fsp3) is 0.118. The molecule has 0 spiro atoms. The Hall–Kier alpha value is -2.86. The highest BCUT2D eigenvalue weighted by Crippen LogP contribution is 2.22. The molecule has 0 saturated heterocycles. The molecule has 0 fully saturated rings. The predicted octanol–water partition coefficient (Wildman–Crippen LogP) is 3.05. The number of aromatic nitrogens is 2. The largest absolute Gasteiger partial charge is 0.455 e. The molecule has 0 aliphatic rings. The van der Waals surface area contributed by atoms with Gasteiger partial charge in [-0.2, -0.15) is 0 Å². The Morgan fingerprint density at radius 3 is 2.79 bits per heavy atom. The van der Waals surface area contributed by atoms with Crippen molar-refractivity contribution in [1.82, 2.24) is 9.72 Å². The number of pyridine rings is 1. The summed E-state index contributed by atoms with van der Waals surface area (Å²) in [5.41, 5.74) is 0.813. The molecule has 0 aliphatic carbocycles. The third-order valence-corrected chi connectivity index (χ3v) is 3.63. The van der Waals surface area contributed by atoms with E-state index in [-0.39, 0.29) is 12.2 Å². The van der Waals surface area contributed by atoms with Crippen molar-refractivity contribution in [2.24, 2.45) is 7.05 Å². The van der Waals surface area contributed by atoms with Crippen LogP contribution in [0.25, 0.3) is 11.3 Å². The highest BCUT2D eigenvalue weighted by molar-refractivity contribution is 6.30. The maximum absolute atomic E-state index is 12.0. The zero-order valence-electron chi connectivity index (χ0n) is 12.7. The fourth-order valence-electron chi connectivity index (χ4n) is 2.10. The summed E-state index contributed by atoms with van der Waals surface area (Å²) in [4.78, 5) is 23.9. The molecule has 122 valence electrons. The molecule has 0 aliphatic heterocycles. The molecular formula is C17H13ClN2O4. The highest BCUT2D eigenvalue weighted by Gasteiger charge is 2.14. The molecular weight excluding hydrogens is 332 g/mol. The molecule has 0 amide bonds. The maximum Gasteiger partial charge on any atom is 0.344 e. The number of ether oxygens (including phenoxy) is 1. The van der Waals surface area contributed by atoms with E-state index < -0.39 is 11.5 Å². The zero-order valence-corrected chi connectivity index (χ0v) is 13.5. The van der Waals surface area contributed by atoms with Crippen LogP contribution in [0.2, 0.25) is 5.02 Å². The van der Waals surface area contributed by atoms with E-state index in [9.17, 15) is 9.59 Å². The number of aryl methyl sites for hydroxylation is 1. The van der Waals surface area contributed by atoms with E-state index in [0.29, 0.717) is 16.5 Å². The SMILES string of the molecule is Cn1cccc(C(=O)OCc2cc(-c3ccc(Cl)cc3)on2)c1=O. The minimum atomic E-state index is -0.702. The number of carbonyl (C=O) groups is 1. The van der Waals surface area contributed by atoms with Crippen molar-refractivity contribution in [3.63, 3.8) is 0 Å². The standard InChI is InChI=1S/C17H13ClN2O4/c1-20-8-2-3-14(16(20)21)17(22)23-10-13-9-15(24-19-13)11-4-6-12(18)7-5-11/h2-9H,10H2,1H3. The molecule has 0 saturated carbocycles. The molecule has 3 aromatic rings. The molecule has 24 heavy (non-hydrogen) atoms. The Labute approximate surface area is 142 Å². The van der Waals surface area contributed by atoms with Gasteiger partial charge in [-0.05, 0) is 36.4 Å². The van der Waals surface area contributed by atoms with Crippen LogP contribution >= 0.6 is 11.6 Å². The number of rotatable bonds is 4. The summed E-state index contributed by atoms with van der Waals surface area (Å²) in [6.45, 7) is -0.0893. The lowest BCUT2D eigenvalue weighted by molar-refractivity contribution is 0.0461. The van der Waals surface area contributed by atoms with Crippen LogP contribution in [0.4, 0.5) is 0 Å². The van der Waals surface area contributed by atoms with Gasteiger partial charge in [-0.15, -0.1) is 0 Å². The van der Waals surface area contributed by atoms with Crippen LogP contribution in [0.15, 0.2) is 58.0 Å². The van der Waals surface area contributed by atoms with Gasteiger partial charge in [0.05, 0.1) is 0 Å². The van der Waals surface area contributed by atoms with Crippen LogP contribution in [-0.4, -0.2) is 15.7 Å². The summed E-state index contributed by atoms with van der Waals surface area (Å²) in [5.74, 6) is -0.166. The van der Waals surface area contributed by atoms with Crippen molar-refractivity contribution in [3.8, 4) is 11.3 Å². The number of benzene rings is 1. The average Bonchev–Trinajstić information content (AvgIpc) is 3.05. The van der Waals surface area contributed by atoms with Crippen LogP contribution in [0, 0.1) is 0 Å². The van der Waals surface area contributed by atoms with Crippen molar-refractivity contribution in [2.45, 2.75) is 6.61 Å². The third-order valence-electron chi connectivity index (χ3n) is 3.38. The minimum absolute atomic E-state index is 0.0265. The fourth-order valence-corrected chi connectivity index (χ4v) is 2.23. The van der Waals surface area contributed by atoms with Crippen molar-refractivity contribution in [2.75, 3.05) is 0 Å². The van der Waals surface area contributed by atoms with Gasteiger partial charge >= 0.3 is 5.97 Å². The van der Waals surface area contributed by atoms with Gasteiger partial charge in [-0.3, -0.25) is 4.79 Å². The van der Waals surface area contributed by atoms with Gasteiger partial charge in [-0.25, -0.2) is 4.79 Å². The first-order chi connectivity index (χ1) is 11.5. The lowest BCUT2D eigenvalue weighted by atomic mass is 10.2. The third kappa shape index (κ3) is 3.38. The zero-order chi connectivity index (χ0) is 17.1. The number of nitrogens with zero attached hydrogens (tertiary/aromatic N) is 2. The molecule has 0 atom stereocenters. The van der Waals surface area contributed by atoms with Crippen LogP contribution in [0.3, 0.4) is 0 Å². The highest BCUT2D eigenvalue weighted by atomic mass is 35.5. The van der Waals surface area contributed by atoms with Gasteiger partial charge < -0.3 is 13.8 Å². The van der Waals surface area contributed by atoms with Gasteiger partial charge in [0.2, 0.25) is 0 Å². The number of halogens is 1. The molecule has 7 heteroatoms. The number of hydrogen-bond acceptors (Lipinski definition) is 5.